The van der Waals surface area contributed by atoms with Gasteiger partial charge >= 0.3 is 0 Å². The molecule has 0 radical (unpaired) electrons. The molecule has 30 heavy (non-hydrogen) atoms. The number of nitrogens with zero attached hydrogens (tertiary/aromatic N) is 2. The number of imide groups is 2. The van der Waals surface area contributed by atoms with Crippen LogP contribution in [0.3, 0.4) is 0 Å². The molecule has 0 fully saturated rings. The number of hydrogen-bond acceptors (Lipinski definition) is 6. The fourth-order valence-corrected chi connectivity index (χ4v) is 2.99. The van der Waals surface area contributed by atoms with Crippen molar-refractivity contribution in [3.8, 4) is 0 Å². The summed E-state index contributed by atoms with van der Waals surface area (Å²) in [4.78, 5) is 51.2. The molecule has 4 amide bonds. The van der Waals surface area contributed by atoms with Gasteiger partial charge in [-0.2, -0.15) is 0 Å². The predicted molar refractivity (Wildman–Crippen MR) is 109 cm³/mol. The maximum Gasteiger partial charge on any atom is 0.263 e. The Balaban J connectivity index is 0.000000404. The van der Waals surface area contributed by atoms with Gasteiger partial charge in [0.1, 0.15) is 13.5 Å². The van der Waals surface area contributed by atoms with Gasteiger partial charge in [0, 0.05) is 14.2 Å². The summed E-state index contributed by atoms with van der Waals surface area (Å²) < 4.78 is 8.94. The lowest BCUT2D eigenvalue weighted by Gasteiger charge is -2.20. The smallest absolute Gasteiger partial charge is 0.263 e. The number of carbonyl (C=O) groups is 4. The Bertz CT molecular complexity index is 811. The van der Waals surface area contributed by atoms with Crippen molar-refractivity contribution < 1.29 is 28.7 Å². The van der Waals surface area contributed by atoms with Gasteiger partial charge in [0.2, 0.25) is 0 Å². The molecule has 2 aliphatic rings. The van der Waals surface area contributed by atoms with Crippen molar-refractivity contribution in [3.63, 3.8) is 0 Å². The summed E-state index contributed by atoms with van der Waals surface area (Å²) in [5.74, 6) is -1.99. The number of methoxy groups -OCH3 is 2. The Labute approximate surface area is 175 Å². The number of hydrogen-bond donors (Lipinski definition) is 0. The molecule has 0 saturated carbocycles. The largest absolute Gasteiger partial charge is 0.359 e. The Hall–Kier alpha value is -3.36. The fourth-order valence-electron chi connectivity index (χ4n) is 2.99. The van der Waals surface area contributed by atoms with Crippen LogP contribution in [0.25, 0.3) is 0 Å². The summed E-state index contributed by atoms with van der Waals surface area (Å²) in [6, 6.07) is 12.9. The van der Waals surface area contributed by atoms with Crippen LogP contribution in [0.2, 0.25) is 0 Å². The summed E-state index contributed by atoms with van der Waals surface area (Å²) in [5, 5.41) is 0. The molecule has 0 spiro atoms. The quantitative estimate of drug-likeness (QED) is 0.566. The number of amides is 4. The second-order valence-electron chi connectivity index (χ2n) is 6.00. The minimum absolute atomic E-state index is 0.286. The molecule has 2 aliphatic heterocycles. The first-order chi connectivity index (χ1) is 14.5. The molecule has 2 aromatic carbocycles. The first-order valence-electron chi connectivity index (χ1n) is 9.39. The standard InChI is InChI=1S/C17H10N2O4.C3H8O2.C2H6/c20-14-10-5-1-2-6-11(10)15(21)18(14)9-19-16(22)12-7-3-4-8-13(12)17(19)23;1-4-3-5-2;1-2/h1-8H,9H2;3H2,1-2H3;1-2H3. The molecule has 0 N–H and O–H groups in total. The van der Waals surface area contributed by atoms with Crippen LogP contribution >= 0.6 is 0 Å². The van der Waals surface area contributed by atoms with Crippen LogP contribution in [-0.2, 0) is 9.47 Å². The van der Waals surface area contributed by atoms with Crippen LogP contribution in [0.4, 0.5) is 0 Å². The van der Waals surface area contributed by atoms with Crippen LogP contribution in [0, 0.1) is 0 Å². The first kappa shape index (κ1) is 22.9. The zero-order valence-corrected chi connectivity index (χ0v) is 17.4. The Morgan fingerprint density at radius 2 is 0.867 bits per heavy atom. The highest BCUT2D eigenvalue weighted by Crippen LogP contribution is 2.26. The highest BCUT2D eigenvalue weighted by molar-refractivity contribution is 6.24. The van der Waals surface area contributed by atoms with Crippen molar-refractivity contribution in [2.75, 3.05) is 27.7 Å². The van der Waals surface area contributed by atoms with E-state index < -0.39 is 23.6 Å². The molecule has 8 heteroatoms. The highest BCUT2D eigenvalue weighted by Gasteiger charge is 2.41. The van der Waals surface area contributed by atoms with Crippen LogP contribution in [0.5, 0.6) is 0 Å². The topological polar surface area (TPSA) is 93.2 Å². The number of benzene rings is 2. The van der Waals surface area contributed by atoms with E-state index in [1.54, 1.807) is 62.8 Å². The van der Waals surface area contributed by atoms with Crippen molar-refractivity contribution in [2.24, 2.45) is 0 Å². The van der Waals surface area contributed by atoms with E-state index in [4.69, 9.17) is 0 Å². The normalized spacial score (nSPS) is 14.0. The van der Waals surface area contributed by atoms with Gasteiger partial charge in [-0.3, -0.25) is 29.0 Å². The number of rotatable bonds is 4. The molecule has 158 valence electrons. The van der Waals surface area contributed by atoms with E-state index in [0.717, 1.165) is 9.80 Å². The van der Waals surface area contributed by atoms with Crippen molar-refractivity contribution >= 4 is 23.6 Å². The van der Waals surface area contributed by atoms with Crippen LogP contribution < -0.4 is 0 Å². The van der Waals surface area contributed by atoms with E-state index in [9.17, 15) is 19.2 Å². The number of fused-ring (bicyclic) bond motifs is 2. The van der Waals surface area contributed by atoms with Crippen molar-refractivity contribution in [2.45, 2.75) is 13.8 Å². The van der Waals surface area contributed by atoms with E-state index >= 15 is 0 Å². The van der Waals surface area contributed by atoms with Gasteiger partial charge in [-0.25, -0.2) is 0 Å². The van der Waals surface area contributed by atoms with Crippen molar-refractivity contribution in [3.05, 3.63) is 70.8 Å². The molecule has 2 heterocycles. The van der Waals surface area contributed by atoms with Gasteiger partial charge < -0.3 is 9.47 Å². The zero-order chi connectivity index (χ0) is 22.3. The monoisotopic (exact) mass is 412 g/mol. The van der Waals surface area contributed by atoms with E-state index in [0.29, 0.717) is 6.79 Å². The van der Waals surface area contributed by atoms with Gasteiger partial charge in [0.15, 0.2) is 0 Å². The maximum absolute atomic E-state index is 12.3. The average Bonchev–Trinajstić information content (AvgIpc) is 3.17. The second kappa shape index (κ2) is 10.4. The fraction of sp³-hybridized carbons (Fsp3) is 0.273. The van der Waals surface area contributed by atoms with Gasteiger partial charge in [0.25, 0.3) is 23.6 Å². The van der Waals surface area contributed by atoms with E-state index in [-0.39, 0.29) is 28.9 Å². The first-order valence-corrected chi connectivity index (χ1v) is 9.39. The zero-order valence-electron chi connectivity index (χ0n) is 17.4. The molecule has 0 saturated heterocycles. The number of ether oxygens (including phenoxy) is 2. The molecule has 4 rings (SSSR count). The average molecular weight is 412 g/mol. The Kier molecular flexibility index (Phi) is 7.97. The lowest BCUT2D eigenvalue weighted by Crippen LogP contribution is -2.43. The SMILES string of the molecule is CC.COCOC.O=C1c2ccccc2C(=O)N1CN1C(=O)c2ccccc2C1=O. The van der Waals surface area contributed by atoms with Crippen LogP contribution in [0.15, 0.2) is 48.5 Å². The Morgan fingerprint density at radius 3 is 1.07 bits per heavy atom. The minimum atomic E-state index is -0.498. The summed E-state index contributed by atoms with van der Waals surface area (Å²) in [6.07, 6.45) is 0. The Morgan fingerprint density at radius 1 is 0.600 bits per heavy atom. The van der Waals surface area contributed by atoms with Crippen molar-refractivity contribution in [1.29, 1.82) is 0 Å². The van der Waals surface area contributed by atoms with Gasteiger partial charge in [0.05, 0.1) is 22.3 Å². The highest BCUT2D eigenvalue weighted by atomic mass is 16.6. The summed E-state index contributed by atoms with van der Waals surface area (Å²) in [7, 11) is 3.17. The van der Waals surface area contributed by atoms with E-state index in [1.807, 2.05) is 13.8 Å². The van der Waals surface area contributed by atoms with E-state index in [1.165, 1.54) is 0 Å². The molecule has 0 aliphatic carbocycles. The molecule has 0 unspecified atom stereocenters. The molecule has 8 nitrogen and oxygen atoms in total. The minimum Gasteiger partial charge on any atom is -0.359 e. The molecule has 0 atom stereocenters. The molecule has 0 bridgehead atoms. The molecule has 0 aromatic heterocycles. The lowest BCUT2D eigenvalue weighted by molar-refractivity contribution is -0.00272. The third-order valence-corrected chi connectivity index (χ3v) is 4.27. The lowest BCUT2D eigenvalue weighted by atomic mass is 10.1. The summed E-state index contributed by atoms with van der Waals surface area (Å²) in [5.41, 5.74) is 1.14. The second-order valence-corrected chi connectivity index (χ2v) is 6.00. The molecular weight excluding hydrogens is 388 g/mol. The molecular formula is C22H24N2O6. The third kappa shape index (κ3) is 4.29. The molecule has 2 aromatic rings. The van der Waals surface area contributed by atoms with E-state index in [2.05, 4.69) is 9.47 Å². The van der Waals surface area contributed by atoms with Gasteiger partial charge in [-0.05, 0) is 24.3 Å². The summed E-state index contributed by atoms with van der Waals surface area (Å²) in [6.45, 7) is 4.01. The van der Waals surface area contributed by atoms with Gasteiger partial charge in [-0.1, -0.05) is 38.1 Å². The summed E-state index contributed by atoms with van der Waals surface area (Å²) >= 11 is 0. The van der Waals surface area contributed by atoms with Crippen LogP contribution in [0.1, 0.15) is 55.3 Å². The van der Waals surface area contributed by atoms with Crippen molar-refractivity contribution in [1.82, 2.24) is 9.80 Å². The van der Waals surface area contributed by atoms with Gasteiger partial charge in [-0.15, -0.1) is 0 Å². The number of carbonyl (C=O) groups excluding carboxylic acids is 4. The van der Waals surface area contributed by atoms with Crippen LogP contribution in [-0.4, -0.2) is 61.1 Å². The third-order valence-electron chi connectivity index (χ3n) is 4.27. The maximum atomic E-state index is 12.3. The predicted octanol–water partition coefficient (Wildman–Crippen LogP) is 2.80.